The number of anilines is 1. The smallest absolute Gasteiger partial charge is 0.269 e. The molecule has 0 atom stereocenters. The average molecular weight is 328 g/mol. The SMILES string of the molecule is COc1cc2c(cc1N=Nc1ccc([N+](=O)[O-])cc1)OCCN2C. The Balaban J connectivity index is 1.90. The van der Waals surface area contributed by atoms with Gasteiger partial charge in [-0.15, -0.1) is 5.11 Å². The molecule has 0 unspecified atom stereocenters. The summed E-state index contributed by atoms with van der Waals surface area (Å²) in [6, 6.07) is 9.48. The highest BCUT2D eigenvalue weighted by atomic mass is 16.6. The van der Waals surface area contributed by atoms with Crippen LogP contribution in [0.3, 0.4) is 0 Å². The zero-order valence-electron chi connectivity index (χ0n) is 13.3. The van der Waals surface area contributed by atoms with Crippen LogP contribution < -0.4 is 14.4 Å². The third kappa shape index (κ3) is 3.12. The number of hydrogen-bond acceptors (Lipinski definition) is 7. The van der Waals surface area contributed by atoms with E-state index in [1.807, 2.05) is 13.1 Å². The lowest BCUT2D eigenvalue weighted by molar-refractivity contribution is -0.384. The van der Waals surface area contributed by atoms with Gasteiger partial charge in [0.2, 0.25) is 0 Å². The fourth-order valence-electron chi connectivity index (χ4n) is 2.36. The van der Waals surface area contributed by atoms with Crippen molar-refractivity contribution in [3.63, 3.8) is 0 Å². The molecule has 1 aliphatic rings. The molecular weight excluding hydrogens is 312 g/mol. The number of nitro benzene ring substituents is 1. The summed E-state index contributed by atoms with van der Waals surface area (Å²) in [5, 5.41) is 18.9. The molecule has 0 spiro atoms. The number of methoxy groups -OCH3 is 1. The van der Waals surface area contributed by atoms with E-state index in [0.717, 1.165) is 18.0 Å². The van der Waals surface area contributed by atoms with Gasteiger partial charge in [-0.25, -0.2) is 0 Å². The van der Waals surface area contributed by atoms with Gasteiger partial charge in [-0.3, -0.25) is 10.1 Å². The molecule has 0 saturated heterocycles. The van der Waals surface area contributed by atoms with E-state index >= 15 is 0 Å². The van der Waals surface area contributed by atoms with Crippen molar-refractivity contribution in [2.45, 2.75) is 0 Å². The molecule has 0 N–H and O–H groups in total. The van der Waals surface area contributed by atoms with E-state index in [1.54, 1.807) is 13.2 Å². The van der Waals surface area contributed by atoms with Crippen molar-refractivity contribution in [3.05, 3.63) is 46.5 Å². The van der Waals surface area contributed by atoms with Crippen molar-refractivity contribution >= 4 is 22.7 Å². The molecule has 2 aromatic rings. The van der Waals surface area contributed by atoms with E-state index in [1.165, 1.54) is 24.3 Å². The van der Waals surface area contributed by atoms with Gasteiger partial charge in [-0.1, -0.05) is 0 Å². The molecule has 8 heteroatoms. The predicted molar refractivity (Wildman–Crippen MR) is 89.0 cm³/mol. The average Bonchev–Trinajstić information content (AvgIpc) is 2.60. The number of nitrogens with zero attached hydrogens (tertiary/aromatic N) is 4. The molecule has 124 valence electrons. The van der Waals surface area contributed by atoms with Gasteiger partial charge in [0, 0.05) is 31.3 Å². The topological polar surface area (TPSA) is 89.6 Å². The van der Waals surface area contributed by atoms with E-state index < -0.39 is 4.92 Å². The summed E-state index contributed by atoms with van der Waals surface area (Å²) in [6.07, 6.45) is 0. The predicted octanol–water partition coefficient (Wildman–Crippen LogP) is 3.85. The Labute approximate surface area is 138 Å². The standard InChI is InChI=1S/C16H16N4O4/c1-19-7-8-24-16-9-13(15(23-2)10-14(16)19)18-17-11-3-5-12(6-4-11)20(21)22/h3-6,9-10H,7-8H2,1-2H3. The number of azo groups is 1. The van der Waals surface area contributed by atoms with Crippen LogP contribution in [0, 0.1) is 10.1 Å². The van der Waals surface area contributed by atoms with Gasteiger partial charge >= 0.3 is 0 Å². The molecule has 0 aromatic heterocycles. The number of hydrogen-bond donors (Lipinski definition) is 0. The van der Waals surface area contributed by atoms with Gasteiger partial charge < -0.3 is 14.4 Å². The molecule has 2 aromatic carbocycles. The van der Waals surface area contributed by atoms with Gasteiger partial charge in [0.25, 0.3) is 5.69 Å². The van der Waals surface area contributed by atoms with Crippen molar-refractivity contribution in [2.75, 3.05) is 32.2 Å². The Morgan fingerprint density at radius 3 is 2.67 bits per heavy atom. The van der Waals surface area contributed by atoms with Crippen molar-refractivity contribution in [3.8, 4) is 11.5 Å². The molecule has 0 radical (unpaired) electrons. The number of fused-ring (bicyclic) bond motifs is 1. The summed E-state index contributed by atoms with van der Waals surface area (Å²) < 4.78 is 11.0. The van der Waals surface area contributed by atoms with Gasteiger partial charge in [-0.05, 0) is 12.1 Å². The van der Waals surface area contributed by atoms with Crippen molar-refractivity contribution in [2.24, 2.45) is 10.2 Å². The van der Waals surface area contributed by atoms with Crippen LogP contribution in [-0.2, 0) is 0 Å². The number of rotatable bonds is 4. The lowest BCUT2D eigenvalue weighted by atomic mass is 10.2. The minimum Gasteiger partial charge on any atom is -0.494 e. The van der Waals surface area contributed by atoms with Gasteiger partial charge in [-0.2, -0.15) is 5.11 Å². The summed E-state index contributed by atoms with van der Waals surface area (Å²) >= 11 is 0. The maximum absolute atomic E-state index is 10.7. The Bertz CT molecular complexity index is 789. The number of nitro groups is 1. The normalized spacial score (nSPS) is 13.5. The Morgan fingerprint density at radius 1 is 1.25 bits per heavy atom. The third-order valence-corrected chi connectivity index (χ3v) is 3.69. The fourth-order valence-corrected chi connectivity index (χ4v) is 2.36. The van der Waals surface area contributed by atoms with Crippen LogP contribution in [0.25, 0.3) is 0 Å². The second-order valence-corrected chi connectivity index (χ2v) is 5.24. The molecule has 0 aliphatic carbocycles. The molecule has 1 aliphatic heterocycles. The van der Waals surface area contributed by atoms with Crippen LogP contribution in [0.15, 0.2) is 46.6 Å². The van der Waals surface area contributed by atoms with Crippen LogP contribution in [0.4, 0.5) is 22.7 Å². The maximum atomic E-state index is 10.7. The first-order valence-electron chi connectivity index (χ1n) is 7.30. The van der Waals surface area contributed by atoms with E-state index in [-0.39, 0.29) is 5.69 Å². The quantitative estimate of drug-likeness (QED) is 0.483. The molecule has 0 bridgehead atoms. The Kier molecular flexibility index (Phi) is 4.28. The summed E-state index contributed by atoms with van der Waals surface area (Å²) in [7, 11) is 3.55. The van der Waals surface area contributed by atoms with Gasteiger partial charge in [0.1, 0.15) is 23.8 Å². The van der Waals surface area contributed by atoms with Crippen LogP contribution in [-0.4, -0.2) is 32.2 Å². The largest absolute Gasteiger partial charge is 0.494 e. The molecule has 24 heavy (non-hydrogen) atoms. The van der Waals surface area contributed by atoms with Gasteiger partial charge in [0.15, 0.2) is 0 Å². The summed E-state index contributed by atoms with van der Waals surface area (Å²) in [4.78, 5) is 12.3. The highest BCUT2D eigenvalue weighted by Crippen LogP contribution is 2.41. The summed E-state index contributed by atoms with van der Waals surface area (Å²) in [6.45, 7) is 1.41. The number of non-ortho nitro benzene ring substituents is 1. The van der Waals surface area contributed by atoms with Gasteiger partial charge in [0.05, 0.1) is 30.0 Å². The van der Waals surface area contributed by atoms with Crippen molar-refractivity contribution < 1.29 is 14.4 Å². The van der Waals surface area contributed by atoms with E-state index in [2.05, 4.69) is 15.1 Å². The highest BCUT2D eigenvalue weighted by molar-refractivity contribution is 5.70. The second-order valence-electron chi connectivity index (χ2n) is 5.24. The molecule has 0 saturated carbocycles. The summed E-state index contributed by atoms with van der Waals surface area (Å²) in [5.41, 5.74) is 1.99. The van der Waals surface area contributed by atoms with Crippen LogP contribution in [0.5, 0.6) is 11.5 Å². The molecule has 3 rings (SSSR count). The molecule has 0 amide bonds. The number of benzene rings is 2. The first-order chi connectivity index (χ1) is 11.6. The highest BCUT2D eigenvalue weighted by Gasteiger charge is 2.18. The minimum absolute atomic E-state index is 0.0109. The first-order valence-corrected chi connectivity index (χ1v) is 7.30. The molecule has 8 nitrogen and oxygen atoms in total. The van der Waals surface area contributed by atoms with Crippen molar-refractivity contribution in [1.29, 1.82) is 0 Å². The number of ether oxygens (including phenoxy) is 2. The lowest BCUT2D eigenvalue weighted by Gasteiger charge is -2.28. The van der Waals surface area contributed by atoms with Crippen molar-refractivity contribution in [1.82, 2.24) is 0 Å². The van der Waals surface area contributed by atoms with E-state index in [4.69, 9.17) is 9.47 Å². The fraction of sp³-hybridized carbons (Fsp3) is 0.250. The van der Waals surface area contributed by atoms with Crippen LogP contribution in [0.1, 0.15) is 0 Å². The van der Waals surface area contributed by atoms with Crippen LogP contribution in [0.2, 0.25) is 0 Å². The summed E-state index contributed by atoms with van der Waals surface area (Å²) in [5.74, 6) is 1.30. The zero-order valence-corrected chi connectivity index (χ0v) is 13.3. The Morgan fingerprint density at radius 2 is 2.00 bits per heavy atom. The molecular formula is C16H16N4O4. The number of likely N-dealkylation sites (N-methyl/N-ethyl adjacent to an activating group) is 1. The third-order valence-electron chi connectivity index (χ3n) is 3.69. The zero-order chi connectivity index (χ0) is 17.1. The van der Waals surface area contributed by atoms with E-state index in [9.17, 15) is 10.1 Å². The molecule has 0 fully saturated rings. The van der Waals surface area contributed by atoms with E-state index in [0.29, 0.717) is 23.7 Å². The second kappa shape index (κ2) is 6.53. The van der Waals surface area contributed by atoms with Crippen LogP contribution >= 0.6 is 0 Å². The minimum atomic E-state index is -0.457. The maximum Gasteiger partial charge on any atom is 0.269 e. The Hall–Kier alpha value is -3.16. The monoisotopic (exact) mass is 328 g/mol. The first kappa shape index (κ1) is 15.7. The molecule has 1 heterocycles. The lowest BCUT2D eigenvalue weighted by Crippen LogP contribution is -2.28.